The molecule has 2 heterocycles. The third-order valence-electron chi connectivity index (χ3n) is 3.76. The van der Waals surface area contributed by atoms with E-state index in [-0.39, 0.29) is 17.9 Å². The SMILES string of the molecule is CC(C)Oc1cccc(-c2cc(Cc3cnc(N)nc3)cnc2OC(F)F)c1. The number of alkyl halides is 2. The summed E-state index contributed by atoms with van der Waals surface area (Å²) >= 11 is 0. The fourth-order valence-electron chi connectivity index (χ4n) is 2.68. The maximum atomic E-state index is 12.8. The summed E-state index contributed by atoms with van der Waals surface area (Å²) in [6, 6.07) is 8.92. The van der Waals surface area contributed by atoms with Crippen LogP contribution in [0.2, 0.25) is 0 Å². The molecule has 1 aromatic carbocycles. The van der Waals surface area contributed by atoms with Crippen molar-refractivity contribution >= 4 is 5.95 Å². The van der Waals surface area contributed by atoms with Crippen LogP contribution in [0.15, 0.2) is 48.9 Å². The number of halogens is 2. The maximum absolute atomic E-state index is 12.8. The van der Waals surface area contributed by atoms with Crippen molar-refractivity contribution in [3.05, 3.63) is 60.0 Å². The molecule has 0 bridgehead atoms. The Morgan fingerprint density at radius 3 is 2.36 bits per heavy atom. The lowest BCUT2D eigenvalue weighted by molar-refractivity contribution is -0.0524. The molecule has 0 aliphatic carbocycles. The van der Waals surface area contributed by atoms with E-state index < -0.39 is 6.61 Å². The standard InChI is InChI=1S/C20H20F2N4O2/c1-12(2)27-16-5-3-4-15(8-16)17-7-13(9-24-18(17)28-19(21)22)6-14-10-25-20(23)26-11-14/h3-5,7-12,19H,6H2,1-2H3,(H2,23,25,26). The lowest BCUT2D eigenvalue weighted by atomic mass is 10.0. The maximum Gasteiger partial charge on any atom is 0.388 e. The quantitative estimate of drug-likeness (QED) is 0.658. The van der Waals surface area contributed by atoms with Gasteiger partial charge in [0.05, 0.1) is 6.10 Å². The van der Waals surface area contributed by atoms with Gasteiger partial charge in [-0.1, -0.05) is 12.1 Å². The molecule has 3 rings (SSSR count). The van der Waals surface area contributed by atoms with Gasteiger partial charge < -0.3 is 15.2 Å². The number of nitrogen functional groups attached to an aromatic ring is 1. The van der Waals surface area contributed by atoms with E-state index in [9.17, 15) is 8.78 Å². The van der Waals surface area contributed by atoms with Crippen LogP contribution in [0.3, 0.4) is 0 Å². The van der Waals surface area contributed by atoms with Gasteiger partial charge >= 0.3 is 6.61 Å². The van der Waals surface area contributed by atoms with E-state index >= 15 is 0 Å². The van der Waals surface area contributed by atoms with Gasteiger partial charge in [-0.2, -0.15) is 8.78 Å². The normalized spacial score (nSPS) is 11.1. The lowest BCUT2D eigenvalue weighted by Gasteiger charge is -2.14. The Morgan fingerprint density at radius 1 is 0.964 bits per heavy atom. The summed E-state index contributed by atoms with van der Waals surface area (Å²) in [5.74, 6) is 0.673. The van der Waals surface area contributed by atoms with E-state index in [0.717, 1.165) is 11.1 Å². The number of ether oxygens (including phenoxy) is 2. The van der Waals surface area contributed by atoms with Gasteiger partial charge in [-0.3, -0.25) is 0 Å². The summed E-state index contributed by atoms with van der Waals surface area (Å²) in [5.41, 5.74) is 8.22. The highest BCUT2D eigenvalue weighted by Crippen LogP contribution is 2.33. The predicted octanol–water partition coefficient (Wildman–Crippen LogP) is 4.10. The van der Waals surface area contributed by atoms with Crippen LogP contribution in [-0.4, -0.2) is 27.7 Å². The first kappa shape index (κ1) is 19.5. The Kier molecular flexibility index (Phi) is 5.98. The van der Waals surface area contributed by atoms with Crippen LogP contribution in [-0.2, 0) is 6.42 Å². The third-order valence-corrected chi connectivity index (χ3v) is 3.76. The van der Waals surface area contributed by atoms with Gasteiger partial charge in [0.1, 0.15) is 5.75 Å². The smallest absolute Gasteiger partial charge is 0.388 e. The Hall–Kier alpha value is -3.29. The van der Waals surface area contributed by atoms with E-state index in [1.54, 1.807) is 42.7 Å². The minimum atomic E-state index is -2.97. The minimum absolute atomic E-state index is 0.0120. The highest BCUT2D eigenvalue weighted by molar-refractivity contribution is 5.70. The van der Waals surface area contributed by atoms with E-state index in [2.05, 4.69) is 19.7 Å². The number of benzene rings is 1. The second kappa shape index (κ2) is 8.60. The molecule has 0 radical (unpaired) electrons. The number of hydrogen-bond donors (Lipinski definition) is 1. The van der Waals surface area contributed by atoms with Crippen LogP contribution in [0.4, 0.5) is 14.7 Å². The monoisotopic (exact) mass is 386 g/mol. The summed E-state index contributed by atoms with van der Waals surface area (Å²) in [5, 5.41) is 0. The average Bonchev–Trinajstić information content (AvgIpc) is 2.64. The van der Waals surface area contributed by atoms with Crippen LogP contribution in [0.5, 0.6) is 11.6 Å². The molecule has 0 spiro atoms. The Balaban J connectivity index is 1.97. The molecule has 0 fully saturated rings. The van der Waals surface area contributed by atoms with Crippen LogP contribution in [0, 0.1) is 0 Å². The molecule has 146 valence electrons. The zero-order chi connectivity index (χ0) is 20.1. The molecule has 3 aromatic rings. The number of nitrogens with two attached hydrogens (primary N) is 1. The van der Waals surface area contributed by atoms with E-state index in [0.29, 0.717) is 23.3 Å². The molecule has 0 unspecified atom stereocenters. The van der Waals surface area contributed by atoms with Gasteiger partial charge in [-0.05, 0) is 48.7 Å². The van der Waals surface area contributed by atoms with Crippen molar-refractivity contribution in [1.82, 2.24) is 15.0 Å². The largest absolute Gasteiger partial charge is 0.491 e. The molecule has 0 atom stereocenters. The zero-order valence-electron chi connectivity index (χ0n) is 15.5. The minimum Gasteiger partial charge on any atom is -0.491 e. The van der Waals surface area contributed by atoms with Crippen molar-refractivity contribution in [3.63, 3.8) is 0 Å². The van der Waals surface area contributed by atoms with Crippen molar-refractivity contribution in [2.24, 2.45) is 0 Å². The summed E-state index contributed by atoms with van der Waals surface area (Å²) < 4.78 is 36.0. The molecule has 28 heavy (non-hydrogen) atoms. The van der Waals surface area contributed by atoms with Crippen LogP contribution >= 0.6 is 0 Å². The first-order valence-corrected chi connectivity index (χ1v) is 8.68. The lowest BCUT2D eigenvalue weighted by Crippen LogP contribution is -2.07. The summed E-state index contributed by atoms with van der Waals surface area (Å²) in [7, 11) is 0. The average molecular weight is 386 g/mol. The van der Waals surface area contributed by atoms with Crippen molar-refractivity contribution in [3.8, 4) is 22.8 Å². The number of hydrogen-bond acceptors (Lipinski definition) is 6. The number of anilines is 1. The Labute approximate surface area is 161 Å². The van der Waals surface area contributed by atoms with Gasteiger partial charge in [0.2, 0.25) is 11.8 Å². The molecule has 0 aliphatic heterocycles. The molecule has 0 amide bonds. The number of rotatable bonds is 7. The Morgan fingerprint density at radius 2 is 1.68 bits per heavy atom. The second-order valence-corrected chi connectivity index (χ2v) is 6.40. The number of nitrogens with zero attached hydrogens (tertiary/aromatic N) is 3. The predicted molar refractivity (Wildman–Crippen MR) is 101 cm³/mol. The second-order valence-electron chi connectivity index (χ2n) is 6.40. The van der Waals surface area contributed by atoms with Crippen LogP contribution < -0.4 is 15.2 Å². The summed E-state index contributed by atoms with van der Waals surface area (Å²) in [6.45, 7) is 0.849. The molecule has 0 saturated carbocycles. The highest BCUT2D eigenvalue weighted by Gasteiger charge is 2.15. The molecular weight excluding hydrogens is 366 g/mol. The van der Waals surface area contributed by atoms with Gasteiger partial charge in [0, 0.05) is 30.6 Å². The van der Waals surface area contributed by atoms with Gasteiger partial charge in [0.25, 0.3) is 0 Å². The molecule has 8 heteroatoms. The van der Waals surface area contributed by atoms with Crippen molar-refractivity contribution < 1.29 is 18.3 Å². The van der Waals surface area contributed by atoms with Crippen molar-refractivity contribution in [2.75, 3.05) is 5.73 Å². The first-order chi connectivity index (χ1) is 13.4. The highest BCUT2D eigenvalue weighted by atomic mass is 19.3. The molecule has 6 nitrogen and oxygen atoms in total. The molecule has 0 aliphatic rings. The van der Waals surface area contributed by atoms with Gasteiger partial charge in [-0.15, -0.1) is 0 Å². The fraction of sp³-hybridized carbons (Fsp3) is 0.250. The number of aromatic nitrogens is 3. The molecule has 0 saturated heterocycles. The van der Waals surface area contributed by atoms with E-state index in [1.807, 2.05) is 13.8 Å². The van der Waals surface area contributed by atoms with Crippen molar-refractivity contribution in [1.29, 1.82) is 0 Å². The van der Waals surface area contributed by atoms with Crippen LogP contribution in [0.1, 0.15) is 25.0 Å². The summed E-state index contributed by atoms with van der Waals surface area (Å²) in [4.78, 5) is 12.0. The molecular formula is C20H20F2N4O2. The Bertz CT molecular complexity index is 934. The van der Waals surface area contributed by atoms with E-state index in [4.69, 9.17) is 10.5 Å². The summed E-state index contributed by atoms with van der Waals surface area (Å²) in [6.07, 6.45) is 5.18. The van der Waals surface area contributed by atoms with Gasteiger partial charge in [-0.25, -0.2) is 15.0 Å². The zero-order valence-corrected chi connectivity index (χ0v) is 15.5. The third kappa shape index (κ3) is 5.12. The fourth-order valence-corrected chi connectivity index (χ4v) is 2.68. The molecule has 2 N–H and O–H groups in total. The molecule has 2 aromatic heterocycles. The first-order valence-electron chi connectivity index (χ1n) is 8.68. The van der Waals surface area contributed by atoms with Gasteiger partial charge in [0.15, 0.2) is 0 Å². The van der Waals surface area contributed by atoms with E-state index in [1.165, 1.54) is 6.20 Å². The number of pyridine rings is 1. The topological polar surface area (TPSA) is 83.2 Å². The van der Waals surface area contributed by atoms with Crippen molar-refractivity contribution in [2.45, 2.75) is 33.0 Å². The van der Waals surface area contributed by atoms with Crippen LogP contribution in [0.25, 0.3) is 11.1 Å².